The quantitative estimate of drug-likeness (QED) is 0.435. The number of aryl methyl sites for hydroxylation is 1. The summed E-state index contributed by atoms with van der Waals surface area (Å²) in [6.45, 7) is 1.92. The van der Waals surface area contributed by atoms with Crippen LogP contribution in [0.15, 0.2) is 54.6 Å². The maximum Gasteiger partial charge on any atom is 0.220 e. The van der Waals surface area contributed by atoms with Crippen LogP contribution in [0, 0.1) is 12.7 Å². The topological polar surface area (TPSA) is 35.0 Å². The SMILES string of the molecule is COc1nc(C)nc(C2CC=C(c3ccc(C4CC4)cc3F)CC2)c1Cc1ccccc1. The van der Waals surface area contributed by atoms with Crippen molar-refractivity contribution >= 4 is 5.57 Å². The molecule has 0 amide bonds. The minimum absolute atomic E-state index is 0.0802. The molecule has 1 fully saturated rings. The summed E-state index contributed by atoms with van der Waals surface area (Å²) in [5.74, 6) is 2.16. The predicted molar refractivity (Wildman–Crippen MR) is 126 cm³/mol. The normalized spacial score (nSPS) is 18.3. The highest BCUT2D eigenvalue weighted by molar-refractivity contribution is 5.67. The smallest absolute Gasteiger partial charge is 0.220 e. The molecule has 0 bridgehead atoms. The van der Waals surface area contributed by atoms with Gasteiger partial charge in [0.15, 0.2) is 0 Å². The summed E-state index contributed by atoms with van der Waals surface area (Å²) >= 11 is 0. The molecule has 0 N–H and O–H groups in total. The Morgan fingerprint density at radius 1 is 1.00 bits per heavy atom. The first-order valence-electron chi connectivity index (χ1n) is 11.6. The lowest BCUT2D eigenvalue weighted by Crippen LogP contribution is -2.13. The van der Waals surface area contributed by atoms with Crippen molar-refractivity contribution in [3.63, 3.8) is 0 Å². The summed E-state index contributed by atoms with van der Waals surface area (Å²) in [6.07, 6.45) is 7.97. The van der Waals surface area contributed by atoms with Crippen LogP contribution in [0.2, 0.25) is 0 Å². The minimum atomic E-state index is -0.0802. The van der Waals surface area contributed by atoms with Crippen LogP contribution in [0.3, 0.4) is 0 Å². The number of benzene rings is 2. The van der Waals surface area contributed by atoms with Gasteiger partial charge in [0.25, 0.3) is 0 Å². The van der Waals surface area contributed by atoms with Crippen molar-refractivity contribution in [1.82, 2.24) is 9.97 Å². The molecular formula is C28H29FN2O. The Morgan fingerprint density at radius 2 is 1.81 bits per heavy atom. The van der Waals surface area contributed by atoms with E-state index in [1.165, 1.54) is 18.4 Å². The zero-order valence-electron chi connectivity index (χ0n) is 18.8. The molecule has 3 aromatic rings. The number of halogens is 1. The van der Waals surface area contributed by atoms with Crippen molar-refractivity contribution in [2.45, 2.75) is 57.3 Å². The van der Waals surface area contributed by atoms with Gasteiger partial charge in [-0.25, -0.2) is 9.37 Å². The van der Waals surface area contributed by atoms with Crippen LogP contribution in [0.4, 0.5) is 4.39 Å². The molecule has 0 radical (unpaired) electrons. The Hall–Kier alpha value is -3.01. The number of hydrogen-bond acceptors (Lipinski definition) is 3. The number of hydrogen-bond donors (Lipinski definition) is 0. The number of aromatic nitrogens is 2. The number of nitrogens with zero attached hydrogens (tertiary/aromatic N) is 2. The summed E-state index contributed by atoms with van der Waals surface area (Å²) in [7, 11) is 1.67. The van der Waals surface area contributed by atoms with Crippen molar-refractivity contribution in [2.75, 3.05) is 7.11 Å². The Bertz CT molecular complexity index is 1150. The Morgan fingerprint density at radius 3 is 2.47 bits per heavy atom. The highest BCUT2D eigenvalue weighted by Gasteiger charge is 2.27. The lowest BCUT2D eigenvalue weighted by Gasteiger charge is -2.25. The van der Waals surface area contributed by atoms with Crippen molar-refractivity contribution in [3.05, 3.63) is 94.2 Å². The summed E-state index contributed by atoms with van der Waals surface area (Å²) in [5.41, 5.74) is 6.36. The fraction of sp³-hybridized carbons (Fsp3) is 0.357. The molecule has 0 spiro atoms. The largest absolute Gasteiger partial charge is 0.481 e. The molecule has 0 saturated heterocycles. The highest BCUT2D eigenvalue weighted by atomic mass is 19.1. The van der Waals surface area contributed by atoms with E-state index in [2.05, 4.69) is 41.4 Å². The number of allylic oxidation sites excluding steroid dienone is 2. The molecule has 2 aliphatic rings. The number of ether oxygens (including phenoxy) is 1. The van der Waals surface area contributed by atoms with Gasteiger partial charge in [0, 0.05) is 23.5 Å². The van der Waals surface area contributed by atoms with Crippen LogP contribution in [0.5, 0.6) is 5.88 Å². The molecule has 3 nitrogen and oxygen atoms in total. The molecule has 5 rings (SSSR count). The molecule has 1 saturated carbocycles. The van der Waals surface area contributed by atoms with E-state index in [-0.39, 0.29) is 11.7 Å². The van der Waals surface area contributed by atoms with E-state index in [9.17, 15) is 4.39 Å². The zero-order valence-corrected chi connectivity index (χ0v) is 18.8. The summed E-state index contributed by atoms with van der Waals surface area (Å²) in [6, 6.07) is 16.2. The summed E-state index contributed by atoms with van der Waals surface area (Å²) < 4.78 is 20.5. The Labute approximate surface area is 189 Å². The Balaban J connectivity index is 1.42. The molecule has 164 valence electrons. The van der Waals surface area contributed by atoms with Gasteiger partial charge in [0.1, 0.15) is 11.6 Å². The van der Waals surface area contributed by atoms with Crippen LogP contribution in [0.1, 0.15) is 77.7 Å². The number of methoxy groups -OCH3 is 1. The van der Waals surface area contributed by atoms with Gasteiger partial charge in [-0.15, -0.1) is 0 Å². The van der Waals surface area contributed by atoms with Gasteiger partial charge in [-0.3, -0.25) is 0 Å². The van der Waals surface area contributed by atoms with Gasteiger partial charge in [-0.2, -0.15) is 4.98 Å². The van der Waals surface area contributed by atoms with E-state index in [0.717, 1.165) is 59.5 Å². The van der Waals surface area contributed by atoms with E-state index in [0.29, 0.717) is 11.8 Å². The van der Waals surface area contributed by atoms with Crippen molar-refractivity contribution in [3.8, 4) is 5.88 Å². The van der Waals surface area contributed by atoms with E-state index < -0.39 is 0 Å². The first kappa shape index (κ1) is 20.9. The van der Waals surface area contributed by atoms with Gasteiger partial charge in [0.05, 0.1) is 12.8 Å². The lowest BCUT2D eigenvalue weighted by molar-refractivity contribution is 0.388. The van der Waals surface area contributed by atoms with Crippen molar-refractivity contribution < 1.29 is 9.13 Å². The minimum Gasteiger partial charge on any atom is -0.481 e. The average molecular weight is 429 g/mol. The molecule has 1 heterocycles. The van der Waals surface area contributed by atoms with Crippen LogP contribution in [-0.4, -0.2) is 17.1 Å². The molecule has 32 heavy (non-hydrogen) atoms. The van der Waals surface area contributed by atoms with Crippen LogP contribution >= 0.6 is 0 Å². The molecule has 0 aliphatic heterocycles. The third-order valence-corrected chi connectivity index (χ3v) is 6.72. The molecule has 1 aromatic heterocycles. The van der Waals surface area contributed by atoms with Crippen LogP contribution in [0.25, 0.3) is 5.57 Å². The summed E-state index contributed by atoms with van der Waals surface area (Å²) in [4.78, 5) is 9.41. The maximum atomic E-state index is 14.8. The first-order valence-corrected chi connectivity index (χ1v) is 11.6. The molecule has 1 unspecified atom stereocenters. The third-order valence-electron chi connectivity index (χ3n) is 6.72. The van der Waals surface area contributed by atoms with Gasteiger partial charge < -0.3 is 4.74 Å². The monoisotopic (exact) mass is 428 g/mol. The van der Waals surface area contributed by atoms with Crippen LogP contribution < -0.4 is 4.74 Å². The van der Waals surface area contributed by atoms with Gasteiger partial charge in [0.2, 0.25) is 5.88 Å². The third kappa shape index (κ3) is 4.32. The van der Waals surface area contributed by atoms with E-state index >= 15 is 0 Å². The first-order chi connectivity index (χ1) is 15.6. The highest BCUT2D eigenvalue weighted by Crippen LogP contribution is 2.42. The fourth-order valence-electron chi connectivity index (χ4n) is 4.85. The van der Waals surface area contributed by atoms with Crippen molar-refractivity contribution in [2.24, 2.45) is 0 Å². The average Bonchev–Trinajstić information content (AvgIpc) is 3.66. The van der Waals surface area contributed by atoms with E-state index in [4.69, 9.17) is 9.72 Å². The Kier molecular flexibility index (Phi) is 5.77. The van der Waals surface area contributed by atoms with Gasteiger partial charge in [-0.05, 0) is 67.7 Å². The van der Waals surface area contributed by atoms with Crippen molar-refractivity contribution in [1.29, 1.82) is 0 Å². The molecule has 2 aliphatic carbocycles. The van der Waals surface area contributed by atoms with E-state index in [1.807, 2.05) is 19.1 Å². The number of rotatable bonds is 6. The van der Waals surface area contributed by atoms with Gasteiger partial charge >= 0.3 is 0 Å². The van der Waals surface area contributed by atoms with Gasteiger partial charge in [-0.1, -0.05) is 48.5 Å². The lowest BCUT2D eigenvalue weighted by atomic mass is 9.82. The molecule has 1 atom stereocenters. The molecule has 4 heteroatoms. The standard InChI is InChI=1S/C28H29FN2O/c1-18-30-27(25(28(31-18)32-2)16-19-6-4-3-5-7-19)22-12-10-21(11-13-22)24-15-14-23(17-26(24)29)20-8-9-20/h3-7,10,14-15,17,20,22H,8-9,11-13,16H2,1-2H3. The second kappa shape index (κ2) is 8.85. The summed E-state index contributed by atoms with van der Waals surface area (Å²) in [5, 5.41) is 0. The van der Waals surface area contributed by atoms with Crippen LogP contribution in [-0.2, 0) is 6.42 Å². The fourth-order valence-corrected chi connectivity index (χ4v) is 4.85. The predicted octanol–water partition coefficient (Wildman–Crippen LogP) is 6.75. The molecule has 2 aromatic carbocycles. The zero-order chi connectivity index (χ0) is 22.1. The van der Waals surface area contributed by atoms with E-state index in [1.54, 1.807) is 13.2 Å². The maximum absolute atomic E-state index is 14.8. The molecular weight excluding hydrogens is 399 g/mol. The second-order valence-electron chi connectivity index (χ2n) is 9.02. The second-order valence-corrected chi connectivity index (χ2v) is 9.02.